The highest BCUT2D eigenvalue weighted by Gasteiger charge is 2.26. The SMILES string of the molecule is CCC(OC)C(CC)Oc1cccc(CSN2CCCC2c2cccnc2)c1. The molecule has 0 aliphatic carbocycles. The van der Waals surface area contributed by atoms with Crippen LogP contribution in [0.4, 0.5) is 0 Å². The van der Waals surface area contributed by atoms with Gasteiger partial charge in [0, 0.05) is 37.8 Å². The third-order valence-electron chi connectivity index (χ3n) is 5.38. The van der Waals surface area contributed by atoms with Crippen LogP contribution < -0.4 is 4.74 Å². The van der Waals surface area contributed by atoms with Crippen LogP contribution >= 0.6 is 11.9 Å². The Labute approximate surface area is 173 Å². The summed E-state index contributed by atoms with van der Waals surface area (Å²) in [5.41, 5.74) is 2.61. The highest BCUT2D eigenvalue weighted by Crippen LogP contribution is 2.38. The lowest BCUT2D eigenvalue weighted by atomic mass is 10.1. The van der Waals surface area contributed by atoms with Crippen LogP contribution in [0.2, 0.25) is 0 Å². The highest BCUT2D eigenvalue weighted by atomic mass is 32.2. The van der Waals surface area contributed by atoms with Gasteiger partial charge in [0.2, 0.25) is 0 Å². The summed E-state index contributed by atoms with van der Waals surface area (Å²) in [6, 6.07) is 13.2. The van der Waals surface area contributed by atoms with Crippen LogP contribution in [0.1, 0.15) is 56.7 Å². The van der Waals surface area contributed by atoms with E-state index in [4.69, 9.17) is 9.47 Å². The Morgan fingerprint density at radius 1 is 1.18 bits per heavy atom. The maximum atomic E-state index is 6.25. The summed E-state index contributed by atoms with van der Waals surface area (Å²) in [6.07, 6.45) is 8.40. The minimum atomic E-state index is 0.0893. The fourth-order valence-electron chi connectivity index (χ4n) is 3.85. The summed E-state index contributed by atoms with van der Waals surface area (Å²) in [5, 5.41) is 0. The average molecular weight is 401 g/mol. The Kier molecular flexibility index (Phi) is 8.19. The smallest absolute Gasteiger partial charge is 0.124 e. The second kappa shape index (κ2) is 10.8. The fraction of sp³-hybridized carbons (Fsp3) is 0.522. The van der Waals surface area contributed by atoms with Crippen LogP contribution in [0, 0.1) is 0 Å². The number of nitrogens with zero attached hydrogens (tertiary/aromatic N) is 2. The first-order valence-corrected chi connectivity index (χ1v) is 11.3. The largest absolute Gasteiger partial charge is 0.488 e. The quantitative estimate of drug-likeness (QED) is 0.482. The van der Waals surface area contributed by atoms with Gasteiger partial charge in [0.15, 0.2) is 0 Å². The van der Waals surface area contributed by atoms with Crippen molar-refractivity contribution >= 4 is 11.9 Å². The third kappa shape index (κ3) is 5.49. The van der Waals surface area contributed by atoms with Gasteiger partial charge in [-0.3, -0.25) is 4.98 Å². The molecule has 0 amide bonds. The van der Waals surface area contributed by atoms with E-state index in [0.717, 1.165) is 30.9 Å². The van der Waals surface area contributed by atoms with Crippen molar-refractivity contribution in [2.24, 2.45) is 0 Å². The molecule has 5 heteroatoms. The molecule has 1 fully saturated rings. The van der Waals surface area contributed by atoms with E-state index in [9.17, 15) is 0 Å². The molecular formula is C23H32N2O2S. The molecule has 0 bridgehead atoms. The lowest BCUT2D eigenvalue weighted by molar-refractivity contribution is -0.00154. The number of methoxy groups -OCH3 is 1. The second-order valence-corrected chi connectivity index (χ2v) is 8.27. The zero-order valence-corrected chi connectivity index (χ0v) is 18.0. The van der Waals surface area contributed by atoms with Gasteiger partial charge in [-0.2, -0.15) is 0 Å². The molecule has 3 rings (SSSR count). The van der Waals surface area contributed by atoms with Crippen LogP contribution in [-0.2, 0) is 10.5 Å². The normalized spacial score (nSPS) is 19.5. The van der Waals surface area contributed by atoms with E-state index >= 15 is 0 Å². The zero-order chi connectivity index (χ0) is 19.8. The summed E-state index contributed by atoms with van der Waals surface area (Å²) in [4.78, 5) is 4.29. The molecule has 1 aliphatic heterocycles. The fourth-order valence-corrected chi connectivity index (χ4v) is 5.00. The summed E-state index contributed by atoms with van der Waals surface area (Å²) in [5.74, 6) is 1.89. The standard InChI is InChI=1S/C23H32N2O2S/c1-4-22(26-3)23(5-2)27-20-11-6-9-18(15-20)17-28-25-14-8-12-21(25)19-10-7-13-24-16-19/h6-7,9-11,13,15-16,21-23H,4-5,8,12,14,17H2,1-3H3. The van der Waals surface area contributed by atoms with Crippen LogP contribution in [-0.4, -0.2) is 35.2 Å². The first kappa shape index (κ1) is 21.2. The number of benzene rings is 1. The minimum Gasteiger partial charge on any atom is -0.488 e. The van der Waals surface area contributed by atoms with E-state index in [1.807, 2.05) is 36.5 Å². The molecule has 1 saturated heterocycles. The van der Waals surface area contributed by atoms with Gasteiger partial charge in [0.1, 0.15) is 11.9 Å². The maximum absolute atomic E-state index is 6.25. The van der Waals surface area contributed by atoms with Crippen LogP contribution in [0.5, 0.6) is 5.75 Å². The predicted octanol–water partition coefficient (Wildman–Crippen LogP) is 5.65. The molecule has 1 aromatic carbocycles. The van der Waals surface area contributed by atoms with E-state index in [-0.39, 0.29) is 12.2 Å². The molecule has 28 heavy (non-hydrogen) atoms. The first-order valence-electron chi connectivity index (χ1n) is 10.3. The molecule has 0 saturated carbocycles. The van der Waals surface area contributed by atoms with Crippen molar-refractivity contribution in [2.45, 2.75) is 63.5 Å². The van der Waals surface area contributed by atoms with Crippen molar-refractivity contribution in [3.05, 3.63) is 59.9 Å². The Balaban J connectivity index is 1.60. The second-order valence-electron chi connectivity index (χ2n) is 7.25. The highest BCUT2D eigenvalue weighted by molar-refractivity contribution is 7.96. The van der Waals surface area contributed by atoms with Gasteiger partial charge in [0.25, 0.3) is 0 Å². The van der Waals surface area contributed by atoms with Crippen molar-refractivity contribution in [1.29, 1.82) is 0 Å². The number of hydrogen-bond acceptors (Lipinski definition) is 5. The lowest BCUT2D eigenvalue weighted by Crippen LogP contribution is -2.32. The van der Waals surface area contributed by atoms with Crippen LogP contribution in [0.15, 0.2) is 48.8 Å². The number of pyridine rings is 1. The van der Waals surface area contributed by atoms with Crippen molar-refractivity contribution in [3.8, 4) is 5.75 Å². The molecule has 0 radical (unpaired) electrons. The van der Waals surface area contributed by atoms with Gasteiger partial charge in [-0.15, -0.1) is 0 Å². The Bertz CT molecular complexity index is 709. The average Bonchev–Trinajstić information content (AvgIpc) is 3.22. The molecule has 3 unspecified atom stereocenters. The lowest BCUT2D eigenvalue weighted by Gasteiger charge is -2.25. The topological polar surface area (TPSA) is 34.6 Å². The Morgan fingerprint density at radius 3 is 2.75 bits per heavy atom. The van der Waals surface area contributed by atoms with E-state index < -0.39 is 0 Å². The molecule has 1 aromatic heterocycles. The van der Waals surface area contributed by atoms with Gasteiger partial charge in [-0.05, 0) is 55.0 Å². The molecule has 152 valence electrons. The Morgan fingerprint density at radius 2 is 2.04 bits per heavy atom. The summed E-state index contributed by atoms with van der Waals surface area (Å²) in [7, 11) is 1.77. The third-order valence-corrected chi connectivity index (χ3v) is 6.61. The van der Waals surface area contributed by atoms with Crippen molar-refractivity contribution < 1.29 is 9.47 Å². The first-order chi connectivity index (χ1) is 13.7. The minimum absolute atomic E-state index is 0.0893. The van der Waals surface area contributed by atoms with E-state index in [0.29, 0.717) is 6.04 Å². The number of hydrogen-bond donors (Lipinski definition) is 0. The van der Waals surface area contributed by atoms with Crippen molar-refractivity contribution in [1.82, 2.24) is 9.29 Å². The van der Waals surface area contributed by atoms with Gasteiger partial charge in [0.05, 0.1) is 6.10 Å². The molecule has 2 heterocycles. The summed E-state index contributed by atoms with van der Waals surface area (Å²) < 4.78 is 14.3. The molecule has 0 spiro atoms. The molecular weight excluding hydrogens is 368 g/mol. The molecule has 4 nitrogen and oxygen atoms in total. The summed E-state index contributed by atoms with van der Waals surface area (Å²) in [6.45, 7) is 5.42. The molecule has 1 aliphatic rings. The van der Waals surface area contributed by atoms with Crippen molar-refractivity contribution in [2.75, 3.05) is 13.7 Å². The van der Waals surface area contributed by atoms with Gasteiger partial charge < -0.3 is 9.47 Å². The monoisotopic (exact) mass is 400 g/mol. The van der Waals surface area contributed by atoms with E-state index in [1.54, 1.807) is 7.11 Å². The summed E-state index contributed by atoms with van der Waals surface area (Å²) >= 11 is 1.91. The van der Waals surface area contributed by atoms with Gasteiger partial charge >= 0.3 is 0 Å². The zero-order valence-electron chi connectivity index (χ0n) is 17.2. The molecule has 0 N–H and O–H groups in total. The predicted molar refractivity (Wildman–Crippen MR) is 116 cm³/mol. The van der Waals surface area contributed by atoms with Crippen molar-refractivity contribution in [3.63, 3.8) is 0 Å². The Hall–Kier alpha value is -1.56. The number of rotatable bonds is 10. The number of aromatic nitrogens is 1. The van der Waals surface area contributed by atoms with Gasteiger partial charge in [-0.25, -0.2) is 4.31 Å². The molecule has 3 atom stereocenters. The van der Waals surface area contributed by atoms with E-state index in [1.165, 1.54) is 24.0 Å². The van der Waals surface area contributed by atoms with Crippen LogP contribution in [0.25, 0.3) is 0 Å². The number of ether oxygens (including phenoxy) is 2. The van der Waals surface area contributed by atoms with E-state index in [2.05, 4.69) is 47.4 Å². The van der Waals surface area contributed by atoms with Crippen LogP contribution in [0.3, 0.4) is 0 Å². The maximum Gasteiger partial charge on any atom is 0.124 e. The van der Waals surface area contributed by atoms with Gasteiger partial charge in [-0.1, -0.05) is 44.0 Å². The molecule has 2 aromatic rings.